The second-order valence-electron chi connectivity index (χ2n) is 6.02. The van der Waals surface area contributed by atoms with Crippen LogP contribution in [-0.2, 0) is 4.79 Å². The van der Waals surface area contributed by atoms with Crippen LogP contribution in [0.2, 0.25) is 0 Å². The number of carbonyl (C=O) groups excluding carboxylic acids is 1. The maximum Gasteiger partial charge on any atom is 0.261 e. The van der Waals surface area contributed by atoms with Gasteiger partial charge in [0.25, 0.3) is 5.91 Å². The number of halogens is 1. The van der Waals surface area contributed by atoms with Crippen molar-refractivity contribution in [3.63, 3.8) is 0 Å². The Kier molecular flexibility index (Phi) is 9.76. The summed E-state index contributed by atoms with van der Waals surface area (Å²) in [6, 6.07) is 7.81. The van der Waals surface area contributed by atoms with Crippen molar-refractivity contribution >= 4 is 18.3 Å². The standard InChI is InChI=1S/C18H29N3O2.ClH/c1-3-16(23-17-8-5-4-7-15(17)2)18(22)20-9-6-12-21-13-10-19-11-14-21;/h4-5,7-8,16,19H,3,6,9-14H2,1-2H3,(H,20,22);1H. The molecule has 1 saturated heterocycles. The normalized spacial score (nSPS) is 16.1. The van der Waals surface area contributed by atoms with E-state index in [0.717, 1.165) is 50.5 Å². The number of ether oxygens (including phenoxy) is 1. The quantitative estimate of drug-likeness (QED) is 0.700. The number of benzene rings is 1. The summed E-state index contributed by atoms with van der Waals surface area (Å²) in [4.78, 5) is 14.7. The number of hydrogen-bond acceptors (Lipinski definition) is 4. The van der Waals surface area contributed by atoms with Crippen LogP contribution in [0, 0.1) is 6.92 Å². The highest BCUT2D eigenvalue weighted by atomic mass is 35.5. The van der Waals surface area contributed by atoms with E-state index in [1.54, 1.807) is 0 Å². The number of piperazine rings is 1. The molecule has 6 heteroatoms. The van der Waals surface area contributed by atoms with Gasteiger partial charge >= 0.3 is 0 Å². The summed E-state index contributed by atoms with van der Waals surface area (Å²) in [6.07, 6.45) is 1.22. The van der Waals surface area contributed by atoms with Crippen LogP contribution in [0.5, 0.6) is 5.75 Å². The van der Waals surface area contributed by atoms with E-state index in [0.29, 0.717) is 13.0 Å². The number of aryl methyl sites for hydroxylation is 1. The van der Waals surface area contributed by atoms with Gasteiger partial charge in [0.2, 0.25) is 0 Å². The summed E-state index contributed by atoms with van der Waals surface area (Å²) in [7, 11) is 0. The Morgan fingerprint density at radius 2 is 2.04 bits per heavy atom. The Labute approximate surface area is 151 Å². The highest BCUT2D eigenvalue weighted by Crippen LogP contribution is 2.18. The molecule has 0 radical (unpaired) electrons. The molecule has 1 amide bonds. The van der Waals surface area contributed by atoms with Crippen molar-refractivity contribution in [2.45, 2.75) is 32.8 Å². The van der Waals surface area contributed by atoms with Crippen LogP contribution in [0.15, 0.2) is 24.3 Å². The Hall–Kier alpha value is -1.30. The molecule has 2 N–H and O–H groups in total. The lowest BCUT2D eigenvalue weighted by molar-refractivity contribution is -0.128. The third-order valence-corrected chi connectivity index (χ3v) is 4.19. The van der Waals surface area contributed by atoms with E-state index in [9.17, 15) is 4.79 Å². The summed E-state index contributed by atoms with van der Waals surface area (Å²) in [5, 5.41) is 6.35. The monoisotopic (exact) mass is 355 g/mol. The van der Waals surface area contributed by atoms with E-state index in [-0.39, 0.29) is 18.3 Å². The van der Waals surface area contributed by atoms with Crippen LogP contribution in [0.4, 0.5) is 0 Å². The number of rotatable bonds is 8. The van der Waals surface area contributed by atoms with Gasteiger partial charge in [0.1, 0.15) is 5.75 Å². The van der Waals surface area contributed by atoms with Gasteiger partial charge in [-0.3, -0.25) is 4.79 Å². The van der Waals surface area contributed by atoms with E-state index < -0.39 is 6.10 Å². The van der Waals surface area contributed by atoms with Gasteiger partial charge in [-0.2, -0.15) is 0 Å². The molecule has 0 aliphatic carbocycles. The number of para-hydroxylation sites is 1. The summed E-state index contributed by atoms with van der Waals surface area (Å²) in [5.74, 6) is 0.770. The van der Waals surface area contributed by atoms with Crippen molar-refractivity contribution in [2.24, 2.45) is 0 Å². The van der Waals surface area contributed by atoms with Gasteiger partial charge in [-0.1, -0.05) is 25.1 Å². The first-order valence-corrected chi connectivity index (χ1v) is 8.63. The van der Waals surface area contributed by atoms with Crippen LogP contribution < -0.4 is 15.4 Å². The second-order valence-corrected chi connectivity index (χ2v) is 6.02. The summed E-state index contributed by atoms with van der Waals surface area (Å²) >= 11 is 0. The Morgan fingerprint density at radius 1 is 1.33 bits per heavy atom. The third kappa shape index (κ3) is 6.67. The molecular formula is C18H30ClN3O2. The highest BCUT2D eigenvalue weighted by Gasteiger charge is 2.18. The molecule has 1 aliphatic rings. The molecule has 1 unspecified atom stereocenters. The molecule has 0 spiro atoms. The minimum Gasteiger partial charge on any atom is -0.480 e. The van der Waals surface area contributed by atoms with Crippen LogP contribution in [-0.4, -0.2) is 56.2 Å². The maximum absolute atomic E-state index is 12.3. The van der Waals surface area contributed by atoms with Crippen LogP contribution in [0.3, 0.4) is 0 Å². The number of carbonyl (C=O) groups is 1. The zero-order valence-electron chi connectivity index (χ0n) is 14.7. The minimum absolute atomic E-state index is 0. The lowest BCUT2D eigenvalue weighted by atomic mass is 10.2. The predicted molar refractivity (Wildman–Crippen MR) is 100 cm³/mol. The maximum atomic E-state index is 12.3. The van der Waals surface area contributed by atoms with Crippen molar-refractivity contribution in [1.29, 1.82) is 0 Å². The van der Waals surface area contributed by atoms with E-state index in [1.807, 2.05) is 38.1 Å². The van der Waals surface area contributed by atoms with Gasteiger partial charge in [0.05, 0.1) is 0 Å². The van der Waals surface area contributed by atoms with Crippen molar-refractivity contribution in [1.82, 2.24) is 15.5 Å². The molecular weight excluding hydrogens is 326 g/mol. The van der Waals surface area contributed by atoms with Gasteiger partial charge in [0, 0.05) is 32.7 Å². The Balaban J connectivity index is 0.00000288. The molecule has 1 atom stereocenters. The average molecular weight is 356 g/mol. The van der Waals surface area contributed by atoms with Gasteiger partial charge < -0.3 is 20.3 Å². The molecule has 0 aromatic heterocycles. The van der Waals surface area contributed by atoms with Crippen LogP contribution in [0.25, 0.3) is 0 Å². The van der Waals surface area contributed by atoms with E-state index in [1.165, 1.54) is 0 Å². The third-order valence-electron chi connectivity index (χ3n) is 4.19. The van der Waals surface area contributed by atoms with Crippen LogP contribution >= 0.6 is 12.4 Å². The number of hydrogen-bond donors (Lipinski definition) is 2. The summed E-state index contributed by atoms with van der Waals surface area (Å²) in [5.41, 5.74) is 1.05. The average Bonchev–Trinajstić information content (AvgIpc) is 2.59. The molecule has 1 aromatic rings. The Bertz CT molecular complexity index is 493. The molecule has 5 nitrogen and oxygen atoms in total. The van der Waals surface area contributed by atoms with E-state index in [2.05, 4.69) is 15.5 Å². The first-order valence-electron chi connectivity index (χ1n) is 8.63. The summed E-state index contributed by atoms with van der Waals surface area (Å²) in [6.45, 7) is 10.0. The highest BCUT2D eigenvalue weighted by molar-refractivity contribution is 5.85. The molecule has 2 rings (SSSR count). The number of nitrogens with zero attached hydrogens (tertiary/aromatic N) is 1. The first-order chi connectivity index (χ1) is 11.2. The molecule has 0 bridgehead atoms. The van der Waals surface area contributed by atoms with Crippen LogP contribution in [0.1, 0.15) is 25.3 Å². The molecule has 0 saturated carbocycles. The molecule has 1 heterocycles. The fourth-order valence-electron chi connectivity index (χ4n) is 2.73. The lowest BCUT2D eigenvalue weighted by Gasteiger charge is -2.27. The lowest BCUT2D eigenvalue weighted by Crippen LogP contribution is -2.44. The van der Waals surface area contributed by atoms with Crippen molar-refractivity contribution in [3.8, 4) is 5.75 Å². The molecule has 24 heavy (non-hydrogen) atoms. The zero-order chi connectivity index (χ0) is 16.5. The van der Waals surface area contributed by atoms with E-state index >= 15 is 0 Å². The molecule has 1 aromatic carbocycles. The fraction of sp³-hybridized carbons (Fsp3) is 0.611. The Morgan fingerprint density at radius 3 is 2.71 bits per heavy atom. The van der Waals surface area contributed by atoms with Gasteiger partial charge in [-0.15, -0.1) is 12.4 Å². The molecule has 1 fully saturated rings. The van der Waals surface area contributed by atoms with Crippen molar-refractivity contribution in [3.05, 3.63) is 29.8 Å². The fourth-order valence-corrected chi connectivity index (χ4v) is 2.73. The zero-order valence-corrected chi connectivity index (χ0v) is 15.5. The summed E-state index contributed by atoms with van der Waals surface area (Å²) < 4.78 is 5.87. The van der Waals surface area contributed by atoms with Gasteiger partial charge in [-0.25, -0.2) is 0 Å². The molecule has 136 valence electrons. The predicted octanol–water partition coefficient (Wildman–Crippen LogP) is 1.99. The number of nitrogens with one attached hydrogen (secondary N) is 2. The van der Waals surface area contributed by atoms with Gasteiger partial charge in [-0.05, 0) is 37.9 Å². The smallest absolute Gasteiger partial charge is 0.261 e. The largest absolute Gasteiger partial charge is 0.480 e. The molecule has 1 aliphatic heterocycles. The minimum atomic E-state index is -0.421. The SMILES string of the molecule is CCC(Oc1ccccc1C)C(=O)NCCCN1CCNCC1.Cl. The topological polar surface area (TPSA) is 53.6 Å². The van der Waals surface area contributed by atoms with Crippen molar-refractivity contribution in [2.75, 3.05) is 39.3 Å². The van der Waals surface area contributed by atoms with E-state index in [4.69, 9.17) is 4.74 Å². The first kappa shape index (κ1) is 20.7. The second kappa shape index (κ2) is 11.3. The van der Waals surface area contributed by atoms with Crippen molar-refractivity contribution < 1.29 is 9.53 Å². The van der Waals surface area contributed by atoms with Gasteiger partial charge in [0.15, 0.2) is 6.10 Å². The number of amides is 1.